The molecule has 1 aromatic carbocycles. The van der Waals surface area contributed by atoms with Gasteiger partial charge in [-0.15, -0.1) is 11.3 Å². The molecule has 0 aliphatic rings. The highest BCUT2D eigenvalue weighted by Gasteiger charge is 2.32. The zero-order valence-corrected chi connectivity index (χ0v) is 23.1. The van der Waals surface area contributed by atoms with Gasteiger partial charge in [-0.1, -0.05) is 0 Å². The molecule has 0 saturated heterocycles. The lowest BCUT2D eigenvalue weighted by molar-refractivity contribution is -0.128. The van der Waals surface area contributed by atoms with Gasteiger partial charge < -0.3 is 33.7 Å². The van der Waals surface area contributed by atoms with Crippen LogP contribution in [0.1, 0.15) is 32.7 Å². The van der Waals surface area contributed by atoms with Gasteiger partial charge in [0.25, 0.3) is 0 Å². The SMILES string of the molecule is CCOCC(COCC)(COCCOCC(=O)NCCOc1ccc2nc(C#N)sc2c1)COC(C)C. The molecule has 0 radical (unpaired) electrons. The highest BCUT2D eigenvalue weighted by Crippen LogP contribution is 2.26. The molecule has 37 heavy (non-hydrogen) atoms. The zero-order valence-electron chi connectivity index (χ0n) is 22.2. The van der Waals surface area contributed by atoms with E-state index in [4.69, 9.17) is 33.7 Å². The predicted molar refractivity (Wildman–Crippen MR) is 141 cm³/mol. The van der Waals surface area contributed by atoms with Crippen LogP contribution in [0.25, 0.3) is 10.2 Å². The number of carbonyl (C=O) groups excluding carboxylic acids is 1. The van der Waals surface area contributed by atoms with Gasteiger partial charge in [0.2, 0.25) is 5.91 Å². The molecule has 0 unspecified atom stereocenters. The molecular weight excluding hydrogens is 498 g/mol. The predicted octanol–water partition coefficient (Wildman–Crippen LogP) is 3.18. The molecule has 1 heterocycles. The highest BCUT2D eigenvalue weighted by molar-refractivity contribution is 7.19. The fraction of sp³-hybridized carbons (Fsp3) is 0.654. The first-order valence-corrected chi connectivity index (χ1v) is 13.4. The average Bonchev–Trinajstić information content (AvgIpc) is 3.31. The van der Waals surface area contributed by atoms with Gasteiger partial charge >= 0.3 is 0 Å². The minimum atomic E-state index is -0.407. The van der Waals surface area contributed by atoms with E-state index in [2.05, 4.69) is 10.3 Å². The smallest absolute Gasteiger partial charge is 0.246 e. The molecule has 11 heteroatoms. The van der Waals surface area contributed by atoms with Crippen LogP contribution < -0.4 is 10.1 Å². The summed E-state index contributed by atoms with van der Waals surface area (Å²) in [6, 6.07) is 7.48. The maximum Gasteiger partial charge on any atom is 0.246 e. The molecule has 10 nitrogen and oxygen atoms in total. The fourth-order valence-corrected chi connectivity index (χ4v) is 4.05. The van der Waals surface area contributed by atoms with Crippen LogP contribution in [0, 0.1) is 16.7 Å². The number of thiazole rings is 1. The quantitative estimate of drug-likeness (QED) is 0.254. The Morgan fingerprint density at radius 3 is 2.43 bits per heavy atom. The Morgan fingerprint density at radius 2 is 1.76 bits per heavy atom. The van der Waals surface area contributed by atoms with Crippen LogP contribution in [0.2, 0.25) is 0 Å². The maximum absolute atomic E-state index is 12.0. The van der Waals surface area contributed by atoms with Crippen LogP contribution in [-0.2, 0) is 28.5 Å². The van der Waals surface area contributed by atoms with Crippen LogP contribution in [0.15, 0.2) is 18.2 Å². The third-order valence-electron chi connectivity index (χ3n) is 5.11. The zero-order chi connectivity index (χ0) is 26.9. The molecule has 0 bridgehead atoms. The molecule has 1 amide bonds. The third-order valence-corrected chi connectivity index (χ3v) is 6.03. The number of hydrogen-bond acceptors (Lipinski definition) is 10. The summed E-state index contributed by atoms with van der Waals surface area (Å²) in [6.07, 6.45) is 0.0921. The van der Waals surface area contributed by atoms with Gasteiger partial charge in [0, 0.05) is 13.2 Å². The lowest BCUT2D eigenvalue weighted by Crippen LogP contribution is -2.42. The minimum absolute atomic E-state index is 0.0629. The molecular formula is C26H39N3O7S. The average molecular weight is 538 g/mol. The second kappa shape index (κ2) is 17.2. The number of nitriles is 1. The van der Waals surface area contributed by atoms with Crippen molar-refractivity contribution in [3.8, 4) is 11.8 Å². The number of aromatic nitrogens is 1. The molecule has 2 aromatic rings. The van der Waals surface area contributed by atoms with Gasteiger partial charge in [0.05, 0.1) is 67.9 Å². The van der Waals surface area contributed by atoms with Gasteiger partial charge in [0.1, 0.15) is 25.0 Å². The van der Waals surface area contributed by atoms with Crippen LogP contribution >= 0.6 is 11.3 Å². The van der Waals surface area contributed by atoms with E-state index in [1.807, 2.05) is 45.9 Å². The van der Waals surface area contributed by atoms with E-state index in [1.165, 1.54) is 11.3 Å². The summed E-state index contributed by atoms with van der Waals surface area (Å²) in [5.41, 5.74) is 0.359. The van der Waals surface area contributed by atoms with E-state index in [0.717, 1.165) is 10.2 Å². The van der Waals surface area contributed by atoms with E-state index in [0.29, 0.717) is 70.2 Å². The van der Waals surface area contributed by atoms with Crippen molar-refractivity contribution in [2.45, 2.75) is 33.8 Å². The lowest BCUT2D eigenvalue weighted by atomic mass is 9.92. The lowest BCUT2D eigenvalue weighted by Gasteiger charge is -2.33. The Balaban J connectivity index is 1.63. The normalized spacial score (nSPS) is 11.7. The Bertz CT molecular complexity index is 969. The summed E-state index contributed by atoms with van der Waals surface area (Å²) in [6.45, 7) is 12.1. The largest absolute Gasteiger partial charge is 0.492 e. The summed E-state index contributed by atoms with van der Waals surface area (Å²) in [7, 11) is 0. The van der Waals surface area contributed by atoms with Crippen LogP contribution in [0.5, 0.6) is 5.75 Å². The number of amides is 1. The Kier molecular flexibility index (Phi) is 14.4. The second-order valence-corrected chi connectivity index (χ2v) is 9.73. The highest BCUT2D eigenvalue weighted by atomic mass is 32.1. The van der Waals surface area contributed by atoms with Crippen molar-refractivity contribution in [2.75, 3.05) is 72.6 Å². The van der Waals surface area contributed by atoms with Crippen molar-refractivity contribution < 1.29 is 33.2 Å². The molecule has 2 rings (SSSR count). The first-order chi connectivity index (χ1) is 17.9. The first kappa shape index (κ1) is 30.9. The molecule has 1 aromatic heterocycles. The standard InChI is InChI=1S/C26H39N3O7S/c1-5-31-16-26(17-32-6-2,19-36-20(3)4)18-34-12-11-33-15-24(30)28-9-10-35-21-7-8-22-23(13-21)37-25(14-27)29-22/h7-8,13,20H,5-6,9-12,15-19H2,1-4H3,(H,28,30). The Hall–Kier alpha value is -2.33. The number of nitrogens with zero attached hydrogens (tertiary/aromatic N) is 2. The molecule has 0 saturated carbocycles. The van der Waals surface area contributed by atoms with E-state index < -0.39 is 5.41 Å². The molecule has 0 fully saturated rings. The monoisotopic (exact) mass is 537 g/mol. The maximum atomic E-state index is 12.0. The van der Waals surface area contributed by atoms with Crippen LogP contribution in [0.4, 0.5) is 0 Å². The number of ether oxygens (including phenoxy) is 6. The molecule has 0 aliphatic heterocycles. The van der Waals surface area contributed by atoms with Crippen molar-refractivity contribution in [2.24, 2.45) is 5.41 Å². The van der Waals surface area contributed by atoms with E-state index >= 15 is 0 Å². The van der Waals surface area contributed by atoms with E-state index in [1.54, 1.807) is 6.07 Å². The second-order valence-electron chi connectivity index (χ2n) is 8.70. The summed E-state index contributed by atoms with van der Waals surface area (Å²) >= 11 is 1.31. The van der Waals surface area contributed by atoms with Crippen LogP contribution in [0.3, 0.4) is 0 Å². The number of rotatable bonds is 20. The van der Waals surface area contributed by atoms with Crippen molar-refractivity contribution in [1.29, 1.82) is 5.26 Å². The summed E-state index contributed by atoms with van der Waals surface area (Å²) in [4.78, 5) is 16.2. The number of carbonyl (C=O) groups is 1. The molecule has 206 valence electrons. The third kappa shape index (κ3) is 11.7. The molecule has 0 aliphatic carbocycles. The van der Waals surface area contributed by atoms with Crippen molar-refractivity contribution in [3.05, 3.63) is 23.2 Å². The summed E-state index contributed by atoms with van der Waals surface area (Å²) in [5, 5.41) is 12.1. The Labute approximate surface area is 223 Å². The molecule has 1 N–H and O–H groups in total. The number of hydrogen-bond donors (Lipinski definition) is 1. The minimum Gasteiger partial charge on any atom is -0.492 e. The summed E-state index contributed by atoms with van der Waals surface area (Å²) < 4.78 is 35.1. The van der Waals surface area contributed by atoms with Gasteiger partial charge in [-0.05, 0) is 45.9 Å². The van der Waals surface area contributed by atoms with Gasteiger partial charge in [-0.25, -0.2) is 4.98 Å². The van der Waals surface area contributed by atoms with E-state index in [9.17, 15) is 4.79 Å². The van der Waals surface area contributed by atoms with Gasteiger partial charge in [-0.2, -0.15) is 5.26 Å². The van der Waals surface area contributed by atoms with Crippen molar-refractivity contribution >= 4 is 27.5 Å². The first-order valence-electron chi connectivity index (χ1n) is 12.5. The number of nitrogens with one attached hydrogen (secondary N) is 1. The van der Waals surface area contributed by atoms with Crippen LogP contribution in [-0.4, -0.2) is 89.6 Å². The van der Waals surface area contributed by atoms with Gasteiger partial charge in [0.15, 0.2) is 5.01 Å². The number of fused-ring (bicyclic) bond motifs is 1. The topological polar surface area (TPSA) is 121 Å². The molecule has 0 atom stereocenters. The Morgan fingerprint density at radius 1 is 1.05 bits per heavy atom. The van der Waals surface area contributed by atoms with Gasteiger partial charge in [-0.3, -0.25) is 4.79 Å². The molecule has 0 spiro atoms. The van der Waals surface area contributed by atoms with Crippen molar-refractivity contribution in [3.63, 3.8) is 0 Å². The fourth-order valence-electron chi connectivity index (χ4n) is 3.25. The van der Waals surface area contributed by atoms with Crippen molar-refractivity contribution in [1.82, 2.24) is 10.3 Å². The van der Waals surface area contributed by atoms with E-state index in [-0.39, 0.29) is 25.2 Å². The summed E-state index contributed by atoms with van der Waals surface area (Å²) in [5.74, 6) is 0.430. The number of benzene rings is 1.